The van der Waals surface area contributed by atoms with E-state index in [1.54, 1.807) is 6.20 Å². The van der Waals surface area contributed by atoms with Gasteiger partial charge in [-0.2, -0.15) is 5.26 Å². The Hall–Kier alpha value is -1.39. The minimum absolute atomic E-state index is 0.707. The zero-order valence-electron chi connectivity index (χ0n) is 7.15. The number of aromatic nitrogens is 2. The van der Waals surface area contributed by atoms with E-state index in [9.17, 15) is 0 Å². The molecule has 0 radical (unpaired) electrons. The van der Waals surface area contributed by atoms with Crippen molar-refractivity contribution in [1.29, 1.82) is 5.26 Å². The van der Waals surface area contributed by atoms with Gasteiger partial charge in [-0.1, -0.05) is 0 Å². The SMILES string of the molecule is Cc1c(C#N)c2cccnc2n1P. The van der Waals surface area contributed by atoms with Crippen molar-refractivity contribution < 1.29 is 0 Å². The van der Waals surface area contributed by atoms with E-state index in [1.807, 2.05) is 23.4 Å². The second-order valence-corrected chi connectivity index (χ2v) is 3.33. The van der Waals surface area contributed by atoms with Crippen molar-refractivity contribution in [3.05, 3.63) is 29.6 Å². The Morgan fingerprint density at radius 1 is 1.62 bits per heavy atom. The second kappa shape index (κ2) is 2.83. The summed E-state index contributed by atoms with van der Waals surface area (Å²) in [5.74, 6) is 0. The molecule has 0 bridgehead atoms. The summed E-state index contributed by atoms with van der Waals surface area (Å²) in [5, 5.41) is 9.84. The highest BCUT2D eigenvalue weighted by Gasteiger charge is 2.10. The van der Waals surface area contributed by atoms with E-state index in [-0.39, 0.29) is 0 Å². The van der Waals surface area contributed by atoms with E-state index < -0.39 is 0 Å². The fourth-order valence-electron chi connectivity index (χ4n) is 1.40. The zero-order chi connectivity index (χ0) is 9.42. The quantitative estimate of drug-likeness (QED) is 0.593. The number of nitriles is 1. The number of pyridine rings is 1. The predicted octanol–water partition coefficient (Wildman–Crippen LogP) is 1.85. The summed E-state index contributed by atoms with van der Waals surface area (Å²) in [6, 6.07) is 5.94. The van der Waals surface area contributed by atoms with Crippen LogP contribution in [0.3, 0.4) is 0 Å². The van der Waals surface area contributed by atoms with Crippen LogP contribution in [0.15, 0.2) is 18.3 Å². The van der Waals surface area contributed by atoms with Crippen LogP contribution in [0, 0.1) is 18.3 Å². The summed E-state index contributed by atoms with van der Waals surface area (Å²) >= 11 is 0. The van der Waals surface area contributed by atoms with Crippen molar-refractivity contribution in [2.45, 2.75) is 6.92 Å². The molecule has 0 amide bonds. The van der Waals surface area contributed by atoms with Gasteiger partial charge < -0.3 is 4.34 Å². The van der Waals surface area contributed by atoms with Gasteiger partial charge in [0.2, 0.25) is 0 Å². The lowest BCUT2D eigenvalue weighted by atomic mass is 10.2. The van der Waals surface area contributed by atoms with Gasteiger partial charge in [-0.05, 0) is 28.4 Å². The lowest BCUT2D eigenvalue weighted by Crippen LogP contribution is -1.83. The summed E-state index contributed by atoms with van der Waals surface area (Å²) in [6.07, 6.45) is 1.73. The molecule has 0 aromatic carbocycles. The van der Waals surface area contributed by atoms with Gasteiger partial charge in [-0.15, -0.1) is 0 Å². The fraction of sp³-hybridized carbons (Fsp3) is 0.111. The highest BCUT2D eigenvalue weighted by atomic mass is 31.0. The van der Waals surface area contributed by atoms with Crippen LogP contribution in [0.25, 0.3) is 11.0 Å². The fourth-order valence-corrected chi connectivity index (χ4v) is 1.73. The van der Waals surface area contributed by atoms with Gasteiger partial charge in [0, 0.05) is 17.3 Å². The third kappa shape index (κ3) is 1.03. The number of hydrogen-bond acceptors (Lipinski definition) is 2. The van der Waals surface area contributed by atoms with Crippen LogP contribution in [-0.4, -0.2) is 9.32 Å². The van der Waals surface area contributed by atoms with Gasteiger partial charge >= 0.3 is 0 Å². The highest BCUT2D eigenvalue weighted by molar-refractivity contribution is 7.15. The Kier molecular flexibility index (Phi) is 1.79. The summed E-state index contributed by atoms with van der Waals surface area (Å²) in [5.41, 5.74) is 2.47. The topological polar surface area (TPSA) is 41.6 Å². The minimum atomic E-state index is 0.707. The third-order valence-electron chi connectivity index (χ3n) is 2.12. The number of hydrogen-bond donors (Lipinski definition) is 0. The third-order valence-corrected chi connectivity index (χ3v) is 2.75. The minimum Gasteiger partial charge on any atom is -0.313 e. The number of fused-ring (bicyclic) bond motifs is 1. The van der Waals surface area contributed by atoms with Crippen LogP contribution in [0.5, 0.6) is 0 Å². The van der Waals surface area contributed by atoms with Crippen molar-refractivity contribution in [3.8, 4) is 6.07 Å². The van der Waals surface area contributed by atoms with Gasteiger partial charge in [0.25, 0.3) is 0 Å². The normalized spacial score (nSPS) is 10.2. The maximum Gasteiger partial charge on any atom is 0.144 e. The highest BCUT2D eigenvalue weighted by Crippen LogP contribution is 2.24. The van der Waals surface area contributed by atoms with Gasteiger partial charge in [-0.3, -0.25) is 0 Å². The molecule has 0 N–H and O–H groups in total. The molecule has 13 heavy (non-hydrogen) atoms. The van der Waals surface area contributed by atoms with E-state index in [4.69, 9.17) is 5.26 Å². The maximum absolute atomic E-state index is 8.93. The molecule has 2 heterocycles. The molecule has 4 heteroatoms. The molecule has 0 aliphatic heterocycles. The Labute approximate surface area is 78.3 Å². The lowest BCUT2D eigenvalue weighted by Gasteiger charge is -1.94. The lowest BCUT2D eigenvalue weighted by molar-refractivity contribution is 1.17. The van der Waals surface area contributed by atoms with E-state index >= 15 is 0 Å². The molecule has 2 aromatic heterocycles. The number of nitrogens with zero attached hydrogens (tertiary/aromatic N) is 3. The van der Waals surface area contributed by atoms with Gasteiger partial charge in [0.05, 0.1) is 5.56 Å². The van der Waals surface area contributed by atoms with Crippen LogP contribution >= 0.6 is 9.39 Å². The molecular formula is C9H8N3P. The average Bonchev–Trinajstić information content (AvgIpc) is 2.41. The maximum atomic E-state index is 8.93. The molecule has 1 atom stereocenters. The Balaban J connectivity index is 3.00. The van der Waals surface area contributed by atoms with E-state index in [0.717, 1.165) is 16.7 Å². The molecule has 3 nitrogen and oxygen atoms in total. The van der Waals surface area contributed by atoms with Crippen molar-refractivity contribution in [2.24, 2.45) is 0 Å². The molecule has 0 aliphatic carbocycles. The summed E-state index contributed by atoms with van der Waals surface area (Å²) < 4.78 is 1.86. The Morgan fingerprint density at radius 2 is 2.38 bits per heavy atom. The molecule has 0 saturated carbocycles. The van der Waals surface area contributed by atoms with Crippen LogP contribution in [-0.2, 0) is 0 Å². The van der Waals surface area contributed by atoms with Crippen LogP contribution in [0.2, 0.25) is 0 Å². The van der Waals surface area contributed by atoms with Crippen molar-refractivity contribution in [1.82, 2.24) is 9.32 Å². The molecule has 2 aromatic rings. The standard InChI is InChI=1S/C9H8N3P/c1-6-8(5-10)7-3-2-4-11-9(7)12(6)13/h2-4H,13H2,1H3. The molecule has 1 unspecified atom stereocenters. The Morgan fingerprint density at radius 3 is 3.08 bits per heavy atom. The molecule has 2 rings (SSSR count). The molecule has 0 fully saturated rings. The summed E-state index contributed by atoms with van der Waals surface area (Å²) in [4.78, 5) is 4.20. The Bertz CT molecular complexity index is 507. The first-order chi connectivity index (χ1) is 6.25. The molecular weight excluding hydrogens is 181 g/mol. The number of rotatable bonds is 0. The molecule has 0 aliphatic rings. The van der Waals surface area contributed by atoms with Crippen LogP contribution in [0.4, 0.5) is 0 Å². The van der Waals surface area contributed by atoms with Crippen LogP contribution < -0.4 is 0 Å². The predicted molar refractivity (Wildman–Crippen MR) is 54.3 cm³/mol. The summed E-state index contributed by atoms with van der Waals surface area (Å²) in [7, 11) is 2.55. The van der Waals surface area contributed by atoms with E-state index in [0.29, 0.717) is 5.56 Å². The monoisotopic (exact) mass is 189 g/mol. The zero-order valence-corrected chi connectivity index (χ0v) is 8.31. The first kappa shape index (κ1) is 8.22. The van der Waals surface area contributed by atoms with Crippen molar-refractivity contribution >= 4 is 20.4 Å². The van der Waals surface area contributed by atoms with Crippen molar-refractivity contribution in [2.75, 3.05) is 0 Å². The molecule has 0 saturated heterocycles. The largest absolute Gasteiger partial charge is 0.313 e. The average molecular weight is 189 g/mol. The van der Waals surface area contributed by atoms with Crippen molar-refractivity contribution in [3.63, 3.8) is 0 Å². The van der Waals surface area contributed by atoms with Gasteiger partial charge in [0.15, 0.2) is 0 Å². The molecule has 0 spiro atoms. The van der Waals surface area contributed by atoms with E-state index in [2.05, 4.69) is 20.4 Å². The van der Waals surface area contributed by atoms with Gasteiger partial charge in [-0.25, -0.2) is 4.98 Å². The van der Waals surface area contributed by atoms with Gasteiger partial charge in [0.1, 0.15) is 11.7 Å². The smallest absolute Gasteiger partial charge is 0.144 e. The first-order valence-corrected chi connectivity index (χ1v) is 4.38. The first-order valence-electron chi connectivity index (χ1n) is 3.87. The van der Waals surface area contributed by atoms with E-state index in [1.165, 1.54) is 0 Å². The summed E-state index contributed by atoms with van der Waals surface area (Å²) in [6.45, 7) is 1.91. The second-order valence-electron chi connectivity index (χ2n) is 2.82. The molecule has 64 valence electrons. The van der Waals surface area contributed by atoms with Crippen LogP contribution in [0.1, 0.15) is 11.3 Å².